The summed E-state index contributed by atoms with van der Waals surface area (Å²) in [6.07, 6.45) is 3.00. The van der Waals surface area contributed by atoms with Crippen molar-refractivity contribution in [3.8, 4) is 0 Å². The first kappa shape index (κ1) is 14.0. The van der Waals surface area contributed by atoms with Crippen LogP contribution in [-0.2, 0) is 22.6 Å². The summed E-state index contributed by atoms with van der Waals surface area (Å²) in [7, 11) is 3.06. The Hall–Kier alpha value is -1.93. The zero-order valence-electron chi connectivity index (χ0n) is 10.9. The average Bonchev–Trinajstić information content (AvgIpc) is 2.95. The molecule has 9 heteroatoms. The van der Waals surface area contributed by atoms with E-state index in [-0.39, 0.29) is 16.8 Å². The van der Waals surface area contributed by atoms with E-state index >= 15 is 0 Å². The highest BCUT2D eigenvalue weighted by molar-refractivity contribution is 8.14. The predicted octanol–water partition coefficient (Wildman–Crippen LogP) is 1.88. The van der Waals surface area contributed by atoms with Gasteiger partial charge in [-0.1, -0.05) is 11.3 Å². The van der Waals surface area contributed by atoms with Gasteiger partial charge >= 0.3 is 0 Å². The van der Waals surface area contributed by atoms with Crippen LogP contribution in [0.1, 0.15) is 5.69 Å². The van der Waals surface area contributed by atoms with Crippen molar-refractivity contribution < 1.29 is 12.8 Å². The third-order valence-electron chi connectivity index (χ3n) is 3.07. The van der Waals surface area contributed by atoms with Gasteiger partial charge in [0.2, 0.25) is 0 Å². The summed E-state index contributed by atoms with van der Waals surface area (Å²) in [5.41, 5.74) is 1.05. The van der Waals surface area contributed by atoms with Gasteiger partial charge in [0.05, 0.1) is 17.4 Å². The Labute approximate surface area is 124 Å². The third kappa shape index (κ3) is 2.52. The SMILES string of the molecule is Cn1cc(Cn2cc(S(=O)(=O)Cl)c3c(F)cccc32)nn1. The van der Waals surface area contributed by atoms with E-state index in [2.05, 4.69) is 10.3 Å². The number of nitrogens with zero attached hydrogens (tertiary/aromatic N) is 4. The Morgan fingerprint density at radius 3 is 2.71 bits per heavy atom. The number of rotatable bonds is 3. The lowest BCUT2D eigenvalue weighted by Crippen LogP contribution is -1.98. The van der Waals surface area contributed by atoms with Gasteiger partial charge in [0.25, 0.3) is 9.05 Å². The number of hydrogen-bond acceptors (Lipinski definition) is 4. The van der Waals surface area contributed by atoms with Crippen molar-refractivity contribution in [2.75, 3.05) is 0 Å². The maximum Gasteiger partial charge on any atom is 0.263 e. The second kappa shape index (κ2) is 4.81. The molecule has 0 amide bonds. The Balaban J connectivity index is 2.22. The first-order chi connectivity index (χ1) is 9.86. The fraction of sp³-hybridized carbons (Fsp3) is 0.167. The number of halogens is 2. The van der Waals surface area contributed by atoms with Gasteiger partial charge in [-0.2, -0.15) is 0 Å². The largest absolute Gasteiger partial charge is 0.340 e. The first-order valence-corrected chi connectivity index (χ1v) is 8.24. The van der Waals surface area contributed by atoms with E-state index in [4.69, 9.17) is 10.7 Å². The molecule has 21 heavy (non-hydrogen) atoms. The van der Waals surface area contributed by atoms with Crippen LogP contribution in [0, 0.1) is 5.82 Å². The minimum atomic E-state index is -4.05. The highest BCUT2D eigenvalue weighted by Crippen LogP contribution is 2.30. The Kier molecular flexibility index (Phi) is 3.22. The fourth-order valence-corrected chi connectivity index (χ4v) is 3.28. The lowest BCUT2D eigenvalue weighted by atomic mass is 10.2. The molecule has 1 aromatic carbocycles. The standard InChI is InChI=1S/C12H10ClFN4O2S/c1-17-5-8(15-16-17)6-18-7-11(21(13,19)20)12-9(14)3-2-4-10(12)18/h2-5,7H,6H2,1H3. The quantitative estimate of drug-likeness (QED) is 0.688. The monoisotopic (exact) mass is 328 g/mol. The van der Waals surface area contributed by atoms with Crippen LogP contribution < -0.4 is 0 Å². The Morgan fingerprint density at radius 2 is 2.10 bits per heavy atom. The molecule has 110 valence electrons. The summed E-state index contributed by atoms with van der Waals surface area (Å²) in [4.78, 5) is -0.249. The van der Waals surface area contributed by atoms with Crippen LogP contribution in [0.5, 0.6) is 0 Å². The number of hydrogen-bond donors (Lipinski definition) is 0. The van der Waals surface area contributed by atoms with Gasteiger partial charge in [-0.05, 0) is 12.1 Å². The van der Waals surface area contributed by atoms with Gasteiger partial charge in [0.1, 0.15) is 16.4 Å². The van der Waals surface area contributed by atoms with E-state index in [0.29, 0.717) is 11.2 Å². The van der Waals surface area contributed by atoms with Gasteiger partial charge < -0.3 is 4.57 Å². The molecule has 0 fully saturated rings. The average molecular weight is 329 g/mol. The highest BCUT2D eigenvalue weighted by atomic mass is 35.7. The summed E-state index contributed by atoms with van der Waals surface area (Å²) in [6.45, 7) is 0.264. The molecule has 6 nitrogen and oxygen atoms in total. The van der Waals surface area contributed by atoms with Crippen LogP contribution in [0.25, 0.3) is 10.9 Å². The van der Waals surface area contributed by atoms with Crippen LogP contribution >= 0.6 is 10.7 Å². The topological polar surface area (TPSA) is 69.8 Å². The van der Waals surface area contributed by atoms with E-state index < -0.39 is 14.9 Å². The molecule has 0 N–H and O–H groups in total. The summed E-state index contributed by atoms with van der Waals surface area (Å²) in [6, 6.07) is 4.33. The molecule has 0 saturated carbocycles. The maximum atomic E-state index is 14.0. The summed E-state index contributed by atoms with van der Waals surface area (Å²) in [5, 5.41) is 7.71. The smallest absolute Gasteiger partial charge is 0.263 e. The van der Waals surface area contributed by atoms with Gasteiger partial charge in [-0.3, -0.25) is 4.68 Å². The van der Waals surface area contributed by atoms with E-state index in [1.54, 1.807) is 23.9 Å². The first-order valence-electron chi connectivity index (χ1n) is 5.93. The van der Waals surface area contributed by atoms with Gasteiger partial charge in [-0.15, -0.1) is 5.10 Å². The molecule has 0 atom stereocenters. The minimum Gasteiger partial charge on any atom is -0.340 e. The number of benzene rings is 1. The summed E-state index contributed by atoms with van der Waals surface area (Å²) in [5.74, 6) is -0.635. The van der Waals surface area contributed by atoms with E-state index in [1.807, 2.05) is 0 Å². The molecule has 0 bridgehead atoms. The van der Waals surface area contributed by atoms with E-state index in [1.165, 1.54) is 23.0 Å². The van der Waals surface area contributed by atoms with Crippen LogP contribution in [0.4, 0.5) is 4.39 Å². The van der Waals surface area contributed by atoms with Crippen molar-refractivity contribution in [1.82, 2.24) is 19.6 Å². The number of aryl methyl sites for hydroxylation is 1. The van der Waals surface area contributed by atoms with Crippen molar-refractivity contribution in [2.24, 2.45) is 7.05 Å². The molecule has 0 unspecified atom stereocenters. The van der Waals surface area contributed by atoms with E-state index in [0.717, 1.165) is 0 Å². The minimum absolute atomic E-state index is 0.0172. The van der Waals surface area contributed by atoms with Crippen molar-refractivity contribution in [2.45, 2.75) is 11.4 Å². The van der Waals surface area contributed by atoms with Gasteiger partial charge in [-0.25, -0.2) is 12.8 Å². The van der Waals surface area contributed by atoms with Crippen LogP contribution in [-0.4, -0.2) is 28.0 Å². The molecule has 2 heterocycles. The molecule has 0 saturated heterocycles. The lowest BCUT2D eigenvalue weighted by molar-refractivity contribution is 0.607. The highest BCUT2D eigenvalue weighted by Gasteiger charge is 2.21. The molecule has 3 rings (SSSR count). The molecule has 2 aromatic heterocycles. The molecule has 0 aliphatic heterocycles. The molecular formula is C12H10ClFN4O2S. The second-order valence-electron chi connectivity index (χ2n) is 4.58. The Morgan fingerprint density at radius 1 is 1.33 bits per heavy atom. The van der Waals surface area contributed by atoms with E-state index in [9.17, 15) is 12.8 Å². The predicted molar refractivity (Wildman–Crippen MR) is 75.0 cm³/mol. The molecule has 3 aromatic rings. The van der Waals surface area contributed by atoms with Crippen LogP contribution in [0.3, 0.4) is 0 Å². The molecule has 0 radical (unpaired) electrons. The zero-order chi connectivity index (χ0) is 15.2. The molecule has 0 spiro atoms. The molecule has 0 aliphatic carbocycles. The third-order valence-corrected chi connectivity index (χ3v) is 4.40. The fourth-order valence-electron chi connectivity index (χ4n) is 2.23. The van der Waals surface area contributed by atoms with Crippen molar-refractivity contribution in [1.29, 1.82) is 0 Å². The van der Waals surface area contributed by atoms with Gasteiger partial charge in [0.15, 0.2) is 0 Å². The number of aromatic nitrogens is 4. The summed E-state index contributed by atoms with van der Waals surface area (Å²) < 4.78 is 40.3. The van der Waals surface area contributed by atoms with Crippen LogP contribution in [0.15, 0.2) is 35.5 Å². The number of fused-ring (bicyclic) bond motifs is 1. The maximum absolute atomic E-state index is 14.0. The van der Waals surface area contributed by atoms with Gasteiger partial charge in [0, 0.05) is 30.1 Å². The molecular weight excluding hydrogens is 319 g/mol. The second-order valence-corrected chi connectivity index (χ2v) is 7.11. The Bertz CT molecular complexity index is 932. The summed E-state index contributed by atoms with van der Waals surface area (Å²) >= 11 is 0. The van der Waals surface area contributed by atoms with Crippen molar-refractivity contribution >= 4 is 30.6 Å². The van der Waals surface area contributed by atoms with Crippen molar-refractivity contribution in [3.05, 3.63) is 42.1 Å². The lowest BCUT2D eigenvalue weighted by Gasteiger charge is -2.01. The normalized spacial score (nSPS) is 12.1. The molecule has 0 aliphatic rings. The zero-order valence-corrected chi connectivity index (χ0v) is 12.4. The van der Waals surface area contributed by atoms with Crippen molar-refractivity contribution in [3.63, 3.8) is 0 Å². The van der Waals surface area contributed by atoms with Crippen LogP contribution in [0.2, 0.25) is 0 Å².